The monoisotopic (exact) mass is 330 g/mol. The highest BCUT2D eigenvalue weighted by molar-refractivity contribution is 5.94. The van der Waals surface area contributed by atoms with Gasteiger partial charge in [-0.1, -0.05) is 0 Å². The van der Waals surface area contributed by atoms with E-state index < -0.39 is 23.5 Å². The van der Waals surface area contributed by atoms with E-state index in [2.05, 4.69) is 5.32 Å². The second-order valence-corrected chi connectivity index (χ2v) is 6.41. The summed E-state index contributed by atoms with van der Waals surface area (Å²) in [5.41, 5.74) is -1.28. The molecule has 2 aliphatic heterocycles. The van der Waals surface area contributed by atoms with Crippen LogP contribution in [-0.2, 0) is 6.18 Å². The predicted molar refractivity (Wildman–Crippen MR) is 76.5 cm³/mol. The Kier molecular flexibility index (Phi) is 4.08. The first kappa shape index (κ1) is 16.2. The van der Waals surface area contributed by atoms with Gasteiger partial charge in [-0.05, 0) is 49.4 Å². The van der Waals surface area contributed by atoms with E-state index in [4.69, 9.17) is 0 Å². The molecule has 1 aromatic carbocycles. The van der Waals surface area contributed by atoms with Crippen molar-refractivity contribution in [2.75, 3.05) is 26.2 Å². The standard InChI is InChI=1S/C16H18F4N2O/c17-13-2-1-11(9-12(13)16(18,19)20)14(23)22-7-4-15(5-8-22)3-6-21-10-15/h1-2,9,21H,3-8,10H2. The fourth-order valence-corrected chi connectivity index (χ4v) is 3.46. The largest absolute Gasteiger partial charge is 0.419 e. The number of hydrogen-bond donors (Lipinski definition) is 1. The Labute approximate surface area is 131 Å². The van der Waals surface area contributed by atoms with Crippen molar-refractivity contribution in [1.82, 2.24) is 10.2 Å². The van der Waals surface area contributed by atoms with Gasteiger partial charge in [0.25, 0.3) is 5.91 Å². The summed E-state index contributed by atoms with van der Waals surface area (Å²) in [6.07, 6.45) is -2.04. The third-order valence-electron chi connectivity index (χ3n) is 4.96. The summed E-state index contributed by atoms with van der Waals surface area (Å²) in [5, 5.41) is 3.32. The minimum absolute atomic E-state index is 0.112. The average Bonchev–Trinajstić information content (AvgIpc) is 2.95. The fourth-order valence-electron chi connectivity index (χ4n) is 3.46. The lowest BCUT2D eigenvalue weighted by Crippen LogP contribution is -2.44. The highest BCUT2D eigenvalue weighted by atomic mass is 19.4. The minimum atomic E-state index is -4.80. The van der Waals surface area contributed by atoms with E-state index >= 15 is 0 Å². The SMILES string of the molecule is O=C(c1ccc(F)c(C(F)(F)F)c1)N1CCC2(CCNC2)CC1. The van der Waals surface area contributed by atoms with Gasteiger partial charge in [0, 0.05) is 25.2 Å². The van der Waals surface area contributed by atoms with E-state index in [0.717, 1.165) is 38.4 Å². The summed E-state index contributed by atoms with van der Waals surface area (Å²) in [6.45, 7) is 2.96. The van der Waals surface area contributed by atoms with E-state index in [1.165, 1.54) is 0 Å². The molecule has 0 radical (unpaired) electrons. The van der Waals surface area contributed by atoms with Crippen molar-refractivity contribution >= 4 is 5.91 Å². The molecule has 0 atom stereocenters. The van der Waals surface area contributed by atoms with Gasteiger partial charge in [0.15, 0.2) is 0 Å². The molecule has 0 saturated carbocycles. The third-order valence-corrected chi connectivity index (χ3v) is 4.96. The van der Waals surface area contributed by atoms with Gasteiger partial charge in [0.05, 0.1) is 5.56 Å². The maximum atomic E-state index is 13.3. The topological polar surface area (TPSA) is 32.3 Å². The van der Waals surface area contributed by atoms with Gasteiger partial charge in [0.1, 0.15) is 5.82 Å². The van der Waals surface area contributed by atoms with Crippen LogP contribution in [0.5, 0.6) is 0 Å². The van der Waals surface area contributed by atoms with Crippen LogP contribution in [0, 0.1) is 11.2 Å². The molecular weight excluding hydrogens is 312 g/mol. The summed E-state index contributed by atoms with van der Waals surface area (Å²) < 4.78 is 51.6. The number of piperidine rings is 1. The number of benzene rings is 1. The van der Waals surface area contributed by atoms with Gasteiger partial charge in [-0.3, -0.25) is 4.79 Å². The number of nitrogens with zero attached hydrogens (tertiary/aromatic N) is 1. The van der Waals surface area contributed by atoms with Crippen LogP contribution in [0.2, 0.25) is 0 Å². The molecular formula is C16H18F4N2O. The van der Waals surface area contributed by atoms with Gasteiger partial charge in [0.2, 0.25) is 0 Å². The van der Waals surface area contributed by atoms with Gasteiger partial charge in [-0.15, -0.1) is 0 Å². The summed E-state index contributed by atoms with van der Waals surface area (Å²) in [6, 6.07) is 2.44. The number of likely N-dealkylation sites (tertiary alicyclic amines) is 1. The van der Waals surface area contributed by atoms with Gasteiger partial charge in [-0.2, -0.15) is 13.2 Å². The van der Waals surface area contributed by atoms with Gasteiger partial charge in [-0.25, -0.2) is 4.39 Å². The maximum absolute atomic E-state index is 13.3. The van der Waals surface area contributed by atoms with E-state index in [1.807, 2.05) is 0 Å². The molecule has 0 unspecified atom stereocenters. The van der Waals surface area contributed by atoms with Crippen molar-refractivity contribution in [3.05, 3.63) is 35.1 Å². The van der Waals surface area contributed by atoms with Crippen LogP contribution in [0.25, 0.3) is 0 Å². The van der Waals surface area contributed by atoms with Crippen LogP contribution in [0.15, 0.2) is 18.2 Å². The number of rotatable bonds is 1. The molecule has 23 heavy (non-hydrogen) atoms. The van der Waals surface area contributed by atoms with E-state index in [9.17, 15) is 22.4 Å². The maximum Gasteiger partial charge on any atom is 0.419 e. The number of nitrogens with one attached hydrogen (secondary N) is 1. The highest BCUT2D eigenvalue weighted by Crippen LogP contribution is 2.37. The molecule has 7 heteroatoms. The van der Waals surface area contributed by atoms with Crippen molar-refractivity contribution in [3.8, 4) is 0 Å². The average molecular weight is 330 g/mol. The van der Waals surface area contributed by atoms with Crippen LogP contribution in [0.4, 0.5) is 17.6 Å². The predicted octanol–water partition coefficient (Wildman–Crippen LogP) is 3.06. The van der Waals surface area contributed by atoms with Gasteiger partial charge < -0.3 is 10.2 Å². The van der Waals surface area contributed by atoms with E-state index in [1.54, 1.807) is 4.90 Å². The molecule has 1 aromatic rings. The number of carbonyl (C=O) groups excluding carboxylic acids is 1. The zero-order valence-corrected chi connectivity index (χ0v) is 12.5. The normalized spacial score (nSPS) is 21.0. The number of alkyl halides is 3. The lowest BCUT2D eigenvalue weighted by atomic mass is 9.78. The van der Waals surface area contributed by atoms with Crippen molar-refractivity contribution in [2.45, 2.75) is 25.4 Å². The van der Waals surface area contributed by atoms with E-state index in [-0.39, 0.29) is 11.0 Å². The van der Waals surface area contributed by atoms with Crippen molar-refractivity contribution in [1.29, 1.82) is 0 Å². The Balaban J connectivity index is 1.74. The molecule has 1 spiro atoms. The number of amides is 1. The third kappa shape index (κ3) is 3.20. The smallest absolute Gasteiger partial charge is 0.339 e. The van der Waals surface area contributed by atoms with E-state index in [0.29, 0.717) is 25.2 Å². The van der Waals surface area contributed by atoms with Crippen LogP contribution >= 0.6 is 0 Å². The molecule has 3 rings (SSSR count). The molecule has 3 nitrogen and oxygen atoms in total. The Morgan fingerprint density at radius 3 is 2.43 bits per heavy atom. The first-order valence-electron chi connectivity index (χ1n) is 7.68. The molecule has 0 bridgehead atoms. The number of carbonyl (C=O) groups is 1. The highest BCUT2D eigenvalue weighted by Gasteiger charge is 2.39. The van der Waals surface area contributed by atoms with Crippen molar-refractivity contribution in [3.63, 3.8) is 0 Å². The molecule has 2 aliphatic rings. The second kappa shape index (κ2) is 5.78. The van der Waals surface area contributed by atoms with Crippen molar-refractivity contribution < 1.29 is 22.4 Å². The fraction of sp³-hybridized carbons (Fsp3) is 0.562. The molecule has 2 heterocycles. The Bertz CT molecular complexity index is 599. The quantitative estimate of drug-likeness (QED) is 0.803. The first-order valence-corrected chi connectivity index (χ1v) is 7.68. The van der Waals surface area contributed by atoms with Crippen LogP contribution in [-0.4, -0.2) is 37.0 Å². The lowest BCUT2D eigenvalue weighted by molar-refractivity contribution is -0.140. The Hall–Kier alpha value is -1.63. The first-order chi connectivity index (χ1) is 10.8. The molecule has 1 amide bonds. The van der Waals surface area contributed by atoms with Crippen LogP contribution in [0.3, 0.4) is 0 Å². The van der Waals surface area contributed by atoms with Crippen LogP contribution < -0.4 is 5.32 Å². The summed E-state index contributed by atoms with van der Waals surface area (Å²) in [5.74, 6) is -1.82. The molecule has 0 aromatic heterocycles. The zero-order chi connectivity index (χ0) is 16.7. The van der Waals surface area contributed by atoms with Gasteiger partial charge >= 0.3 is 6.18 Å². The Morgan fingerprint density at radius 2 is 1.87 bits per heavy atom. The number of hydrogen-bond acceptors (Lipinski definition) is 2. The molecule has 0 aliphatic carbocycles. The summed E-state index contributed by atoms with van der Waals surface area (Å²) >= 11 is 0. The summed E-state index contributed by atoms with van der Waals surface area (Å²) in [7, 11) is 0. The van der Waals surface area contributed by atoms with Crippen molar-refractivity contribution in [2.24, 2.45) is 5.41 Å². The molecule has 126 valence electrons. The number of halogens is 4. The lowest BCUT2D eigenvalue weighted by Gasteiger charge is -2.39. The minimum Gasteiger partial charge on any atom is -0.339 e. The molecule has 2 saturated heterocycles. The zero-order valence-electron chi connectivity index (χ0n) is 12.5. The Morgan fingerprint density at radius 1 is 1.17 bits per heavy atom. The molecule has 2 fully saturated rings. The molecule has 1 N–H and O–H groups in total. The summed E-state index contributed by atoms with van der Waals surface area (Å²) in [4.78, 5) is 14.0. The second-order valence-electron chi connectivity index (χ2n) is 6.41. The van der Waals surface area contributed by atoms with Crippen LogP contribution in [0.1, 0.15) is 35.2 Å².